The zero-order chi connectivity index (χ0) is 18.2. The van der Waals surface area contributed by atoms with Crippen molar-refractivity contribution in [1.82, 2.24) is 19.6 Å². The zero-order valence-electron chi connectivity index (χ0n) is 14.3. The van der Waals surface area contributed by atoms with Crippen LogP contribution in [-0.2, 0) is 16.4 Å². The Morgan fingerprint density at radius 2 is 1.96 bits per heavy atom. The Morgan fingerprint density at radius 1 is 1.31 bits per heavy atom. The lowest BCUT2D eigenvalue weighted by Gasteiger charge is -2.40. The second-order valence-electron chi connectivity index (χ2n) is 5.90. The van der Waals surface area contributed by atoms with Gasteiger partial charge in [-0.05, 0) is 5.56 Å². The number of sulfonamides is 1. The first-order chi connectivity index (χ1) is 11.8. The minimum atomic E-state index is -3.73. The Morgan fingerprint density at radius 3 is 2.58 bits per heavy atom. The van der Waals surface area contributed by atoms with Crippen molar-refractivity contribution >= 4 is 34.2 Å². The molecular formula is C15H21ClN6O3S. The molecule has 0 bridgehead atoms. The van der Waals surface area contributed by atoms with Crippen molar-refractivity contribution < 1.29 is 13.2 Å². The van der Waals surface area contributed by atoms with Gasteiger partial charge in [0.05, 0.1) is 6.33 Å². The number of halogens is 1. The molecule has 4 N–H and O–H groups in total. The molecule has 1 aromatic heterocycles. The number of H-pyrrole nitrogens is 1. The van der Waals surface area contributed by atoms with Crippen LogP contribution in [0.2, 0.25) is 0 Å². The molecule has 0 saturated heterocycles. The normalized spacial score (nSPS) is 18.1. The molecule has 0 aliphatic carbocycles. The van der Waals surface area contributed by atoms with E-state index in [1.807, 2.05) is 30.3 Å². The van der Waals surface area contributed by atoms with Gasteiger partial charge in [0.1, 0.15) is 5.69 Å². The fourth-order valence-corrected chi connectivity index (χ4v) is 4.19. The van der Waals surface area contributed by atoms with Crippen LogP contribution in [0.25, 0.3) is 0 Å². The molecule has 1 aromatic carbocycles. The number of amides is 1. The number of hydrogen-bond donors (Lipinski definition) is 3. The number of aromatic amines is 1. The van der Waals surface area contributed by atoms with E-state index in [1.54, 1.807) is 0 Å². The molecule has 1 amide bonds. The van der Waals surface area contributed by atoms with Crippen LogP contribution in [0.5, 0.6) is 0 Å². The maximum absolute atomic E-state index is 13.0. The molecule has 0 radical (unpaired) electrons. The molecule has 2 atom stereocenters. The molecule has 1 aliphatic heterocycles. The van der Waals surface area contributed by atoms with Crippen LogP contribution in [0.4, 0.5) is 5.82 Å². The fraction of sp³-hybridized carbons (Fsp3) is 0.333. The Labute approximate surface area is 158 Å². The molecule has 2 unspecified atom stereocenters. The molecule has 0 saturated carbocycles. The number of aromatic nitrogens is 2. The van der Waals surface area contributed by atoms with Gasteiger partial charge in [0.2, 0.25) is 10.0 Å². The number of carbonyl (C=O) groups excluding carboxylic acids is 1. The van der Waals surface area contributed by atoms with Crippen LogP contribution in [0.15, 0.2) is 36.7 Å². The van der Waals surface area contributed by atoms with Crippen molar-refractivity contribution in [3.8, 4) is 0 Å². The van der Waals surface area contributed by atoms with Gasteiger partial charge in [-0.3, -0.25) is 10.5 Å². The second-order valence-corrected chi connectivity index (χ2v) is 8.20. The lowest BCUT2D eigenvalue weighted by atomic mass is 10.1. The number of benzene rings is 1. The van der Waals surface area contributed by atoms with Gasteiger partial charge in [-0.25, -0.2) is 17.7 Å². The molecule has 3 rings (SSSR count). The number of nitrogens with one attached hydrogen (secondary N) is 2. The number of fused-ring (bicyclic) bond motifs is 1. The van der Waals surface area contributed by atoms with Crippen molar-refractivity contribution in [2.24, 2.45) is 5.73 Å². The standard InChI is InChI=1S/C15H20N6O3S.ClH/c1-20(2)25(23,24)11(8-10-6-4-3-5-7-10)21-13-12(17-9-18-13)14(22)19-15(21)16;/h3-7,9,11,15H,8,16H2,1-2H3,(H,17,18)(H,19,22);1H. The highest BCUT2D eigenvalue weighted by atomic mass is 35.5. The third kappa shape index (κ3) is 3.54. The summed E-state index contributed by atoms with van der Waals surface area (Å²) < 4.78 is 27.1. The van der Waals surface area contributed by atoms with Crippen molar-refractivity contribution in [1.29, 1.82) is 0 Å². The van der Waals surface area contributed by atoms with Crippen molar-refractivity contribution in [2.45, 2.75) is 18.1 Å². The van der Waals surface area contributed by atoms with E-state index in [-0.39, 0.29) is 30.3 Å². The maximum atomic E-state index is 13.0. The molecule has 9 nitrogen and oxygen atoms in total. The van der Waals surface area contributed by atoms with Gasteiger partial charge in [0.25, 0.3) is 5.91 Å². The minimum absolute atomic E-state index is 0. The van der Waals surface area contributed by atoms with Crippen molar-refractivity contribution in [2.75, 3.05) is 19.0 Å². The smallest absolute Gasteiger partial charge is 0.274 e. The average molecular weight is 401 g/mol. The van der Waals surface area contributed by atoms with Crippen LogP contribution in [0, 0.1) is 0 Å². The predicted molar refractivity (Wildman–Crippen MR) is 100 cm³/mol. The highest BCUT2D eigenvalue weighted by Crippen LogP contribution is 2.28. The van der Waals surface area contributed by atoms with Crippen LogP contribution in [-0.4, -0.2) is 54.4 Å². The summed E-state index contributed by atoms with van der Waals surface area (Å²) in [6.07, 6.45) is 0.528. The second kappa shape index (κ2) is 7.62. The molecule has 11 heteroatoms. The van der Waals surface area contributed by atoms with Gasteiger partial charge in [0.15, 0.2) is 17.5 Å². The predicted octanol–water partition coefficient (Wildman–Crippen LogP) is 0.0838. The van der Waals surface area contributed by atoms with Gasteiger partial charge in [-0.15, -0.1) is 12.4 Å². The molecule has 2 aromatic rings. The molecule has 2 heterocycles. The number of carbonyl (C=O) groups is 1. The summed E-state index contributed by atoms with van der Waals surface area (Å²) in [5.41, 5.74) is 7.07. The Hall–Kier alpha value is -2.14. The molecule has 142 valence electrons. The summed E-state index contributed by atoms with van der Waals surface area (Å²) in [4.78, 5) is 20.3. The van der Waals surface area contributed by atoms with E-state index in [0.717, 1.165) is 9.87 Å². The third-order valence-electron chi connectivity index (χ3n) is 4.09. The maximum Gasteiger partial charge on any atom is 0.274 e. The molecule has 26 heavy (non-hydrogen) atoms. The summed E-state index contributed by atoms with van der Waals surface area (Å²) >= 11 is 0. The van der Waals surface area contributed by atoms with Crippen LogP contribution in [0.1, 0.15) is 16.1 Å². The van der Waals surface area contributed by atoms with Crippen LogP contribution in [0.3, 0.4) is 0 Å². The van der Waals surface area contributed by atoms with Gasteiger partial charge in [-0.2, -0.15) is 0 Å². The first-order valence-corrected chi connectivity index (χ1v) is 9.16. The lowest BCUT2D eigenvalue weighted by molar-refractivity contribution is 0.0922. The van der Waals surface area contributed by atoms with Gasteiger partial charge in [0, 0.05) is 20.5 Å². The van der Waals surface area contributed by atoms with Gasteiger partial charge in [-0.1, -0.05) is 30.3 Å². The average Bonchev–Trinajstić information content (AvgIpc) is 3.04. The summed E-state index contributed by atoms with van der Waals surface area (Å²) in [5.74, 6) is -0.195. The number of nitrogens with two attached hydrogens (primary N) is 1. The first kappa shape index (κ1) is 20.2. The molecule has 0 spiro atoms. The molecule has 0 fully saturated rings. The monoisotopic (exact) mass is 400 g/mol. The van der Waals surface area contributed by atoms with E-state index in [4.69, 9.17) is 5.73 Å². The SMILES string of the molecule is CN(C)S(=O)(=O)C(Cc1ccccc1)N1c2nc[nH]c2C(=O)NC1N.Cl. The van der Waals surface area contributed by atoms with Crippen LogP contribution < -0.4 is 16.0 Å². The van der Waals surface area contributed by atoms with E-state index >= 15 is 0 Å². The topological polar surface area (TPSA) is 124 Å². The van der Waals surface area contributed by atoms with E-state index in [2.05, 4.69) is 15.3 Å². The van der Waals surface area contributed by atoms with E-state index < -0.39 is 27.6 Å². The number of anilines is 1. The van der Waals surface area contributed by atoms with E-state index in [1.165, 1.54) is 25.3 Å². The van der Waals surface area contributed by atoms with Crippen molar-refractivity contribution in [3.63, 3.8) is 0 Å². The number of imidazole rings is 1. The Bertz CT molecular complexity index is 871. The zero-order valence-corrected chi connectivity index (χ0v) is 15.9. The molecule has 1 aliphatic rings. The van der Waals surface area contributed by atoms with Crippen LogP contribution >= 0.6 is 12.4 Å². The first-order valence-electron chi connectivity index (χ1n) is 7.66. The minimum Gasteiger partial charge on any atom is -0.339 e. The van der Waals surface area contributed by atoms with Gasteiger partial charge < -0.3 is 15.2 Å². The summed E-state index contributed by atoms with van der Waals surface area (Å²) in [6.45, 7) is 0. The van der Waals surface area contributed by atoms with Gasteiger partial charge >= 0.3 is 0 Å². The lowest BCUT2D eigenvalue weighted by Crippen LogP contribution is -2.64. The summed E-state index contributed by atoms with van der Waals surface area (Å²) in [6, 6.07) is 9.23. The highest BCUT2D eigenvalue weighted by molar-refractivity contribution is 7.89. The largest absolute Gasteiger partial charge is 0.339 e. The number of rotatable bonds is 5. The fourth-order valence-electron chi connectivity index (χ4n) is 2.78. The summed E-state index contributed by atoms with van der Waals surface area (Å²) in [5, 5.41) is 1.53. The van der Waals surface area contributed by atoms with Crippen molar-refractivity contribution in [3.05, 3.63) is 47.9 Å². The third-order valence-corrected chi connectivity index (χ3v) is 6.19. The highest BCUT2D eigenvalue weighted by Gasteiger charge is 2.42. The Kier molecular flexibility index (Phi) is 5.91. The van der Waals surface area contributed by atoms with E-state index in [9.17, 15) is 13.2 Å². The number of nitrogens with zero attached hydrogens (tertiary/aromatic N) is 3. The Balaban J connectivity index is 0.00000243. The number of hydrogen-bond acceptors (Lipinski definition) is 6. The summed E-state index contributed by atoms with van der Waals surface area (Å²) in [7, 11) is -0.804. The molecular weight excluding hydrogens is 380 g/mol. The van der Waals surface area contributed by atoms with E-state index in [0.29, 0.717) is 0 Å². The quantitative estimate of drug-likeness (QED) is 0.653.